The van der Waals surface area contributed by atoms with E-state index in [1.54, 1.807) is 12.1 Å². The van der Waals surface area contributed by atoms with Crippen LogP contribution in [0.3, 0.4) is 0 Å². The normalized spacial score (nSPS) is 23.4. The van der Waals surface area contributed by atoms with Gasteiger partial charge in [0.2, 0.25) is 0 Å². The summed E-state index contributed by atoms with van der Waals surface area (Å²) in [7, 11) is 0. The van der Waals surface area contributed by atoms with Gasteiger partial charge in [-0.15, -0.1) is 0 Å². The number of aliphatic imine (C=N–C) groups is 1. The Balaban J connectivity index is 1.78. The van der Waals surface area contributed by atoms with Crippen molar-refractivity contribution in [1.82, 2.24) is 10.2 Å². The summed E-state index contributed by atoms with van der Waals surface area (Å²) < 4.78 is 13.2. The Morgan fingerprint density at radius 1 is 1.53 bits per heavy atom. The molecule has 0 amide bonds. The Labute approximate surface area is 100 Å². The van der Waals surface area contributed by atoms with Gasteiger partial charge in [0.05, 0.1) is 13.1 Å². The second-order valence-electron chi connectivity index (χ2n) is 4.68. The van der Waals surface area contributed by atoms with Gasteiger partial charge in [-0.3, -0.25) is 9.89 Å². The summed E-state index contributed by atoms with van der Waals surface area (Å²) in [6, 6.07) is 5.44. The van der Waals surface area contributed by atoms with Gasteiger partial charge in [0.15, 0.2) is 0 Å². The fraction of sp³-hybridized carbons (Fsp3) is 0.462. The lowest BCUT2D eigenvalue weighted by atomic mass is 10.1. The maximum absolute atomic E-state index is 13.2. The highest BCUT2D eigenvalue weighted by atomic mass is 19.1. The molecule has 1 atom stereocenters. The Bertz CT molecular complexity index is 470. The van der Waals surface area contributed by atoms with Gasteiger partial charge >= 0.3 is 0 Å². The van der Waals surface area contributed by atoms with E-state index in [-0.39, 0.29) is 5.82 Å². The van der Waals surface area contributed by atoms with Crippen LogP contribution in [-0.2, 0) is 6.54 Å². The summed E-state index contributed by atoms with van der Waals surface area (Å²) in [5.74, 6) is 0.916. The van der Waals surface area contributed by atoms with Crippen LogP contribution in [0.15, 0.2) is 23.2 Å². The molecule has 1 aromatic carbocycles. The predicted molar refractivity (Wildman–Crippen MR) is 65.5 cm³/mol. The van der Waals surface area contributed by atoms with Crippen LogP contribution in [0.25, 0.3) is 0 Å². The standard InChI is InChI=1S/C13H16FN3/c1-9-12-3-2-11(14)6-10(12)7-17(9)8-13-15-4-5-16-13/h2-3,6,9H,4-5,7-8H2,1H3,(H,15,16). The van der Waals surface area contributed by atoms with E-state index < -0.39 is 0 Å². The van der Waals surface area contributed by atoms with Crippen molar-refractivity contribution in [2.45, 2.75) is 19.5 Å². The summed E-state index contributed by atoms with van der Waals surface area (Å²) in [4.78, 5) is 6.72. The topological polar surface area (TPSA) is 27.6 Å². The van der Waals surface area contributed by atoms with Gasteiger partial charge in [-0.05, 0) is 30.2 Å². The molecular weight excluding hydrogens is 217 g/mol. The molecule has 4 heteroatoms. The number of fused-ring (bicyclic) bond motifs is 1. The maximum Gasteiger partial charge on any atom is 0.123 e. The van der Waals surface area contributed by atoms with Gasteiger partial charge in [-0.1, -0.05) is 6.07 Å². The molecule has 3 rings (SSSR count). The number of amidine groups is 1. The van der Waals surface area contributed by atoms with E-state index in [1.807, 2.05) is 6.07 Å². The van der Waals surface area contributed by atoms with Gasteiger partial charge in [0.25, 0.3) is 0 Å². The van der Waals surface area contributed by atoms with Crippen molar-refractivity contribution < 1.29 is 4.39 Å². The first-order valence-electron chi connectivity index (χ1n) is 6.03. The molecule has 2 aliphatic rings. The van der Waals surface area contributed by atoms with Crippen molar-refractivity contribution >= 4 is 5.84 Å². The maximum atomic E-state index is 13.2. The number of nitrogens with zero attached hydrogens (tertiary/aromatic N) is 2. The third-order valence-corrected chi connectivity index (χ3v) is 3.57. The molecule has 0 bridgehead atoms. The van der Waals surface area contributed by atoms with Crippen LogP contribution in [-0.4, -0.2) is 30.4 Å². The summed E-state index contributed by atoms with van der Waals surface area (Å²) in [5.41, 5.74) is 2.35. The molecule has 0 saturated carbocycles. The first-order chi connectivity index (χ1) is 8.24. The molecule has 0 spiro atoms. The van der Waals surface area contributed by atoms with E-state index in [0.29, 0.717) is 6.04 Å². The molecule has 0 radical (unpaired) electrons. The molecule has 1 aromatic rings. The second-order valence-corrected chi connectivity index (χ2v) is 4.68. The second kappa shape index (κ2) is 4.11. The molecule has 2 heterocycles. The highest BCUT2D eigenvalue weighted by molar-refractivity contribution is 5.85. The van der Waals surface area contributed by atoms with E-state index in [1.165, 1.54) is 5.56 Å². The first kappa shape index (κ1) is 10.7. The molecule has 1 unspecified atom stereocenters. The van der Waals surface area contributed by atoms with Gasteiger partial charge in [0, 0.05) is 19.1 Å². The summed E-state index contributed by atoms with van der Waals surface area (Å²) in [5, 5.41) is 3.28. The Hall–Kier alpha value is -1.42. The first-order valence-corrected chi connectivity index (χ1v) is 6.03. The number of hydrogen-bond donors (Lipinski definition) is 1. The van der Waals surface area contributed by atoms with Crippen LogP contribution < -0.4 is 5.32 Å². The van der Waals surface area contributed by atoms with Crippen molar-refractivity contribution in [2.24, 2.45) is 4.99 Å². The Kier molecular flexibility index (Phi) is 2.59. The van der Waals surface area contributed by atoms with Gasteiger partial charge in [0.1, 0.15) is 11.7 Å². The van der Waals surface area contributed by atoms with Crippen LogP contribution in [0.1, 0.15) is 24.1 Å². The summed E-state index contributed by atoms with van der Waals surface area (Å²) in [6.07, 6.45) is 0. The van der Waals surface area contributed by atoms with E-state index in [9.17, 15) is 4.39 Å². The molecule has 90 valence electrons. The van der Waals surface area contributed by atoms with E-state index >= 15 is 0 Å². The summed E-state index contributed by atoms with van der Waals surface area (Å²) >= 11 is 0. The third kappa shape index (κ3) is 1.93. The summed E-state index contributed by atoms with van der Waals surface area (Å²) in [6.45, 7) is 5.63. The molecule has 0 aromatic heterocycles. The zero-order valence-electron chi connectivity index (χ0n) is 9.91. The smallest absolute Gasteiger partial charge is 0.123 e. The van der Waals surface area contributed by atoms with Crippen LogP contribution in [0.2, 0.25) is 0 Å². The van der Waals surface area contributed by atoms with Crippen LogP contribution in [0, 0.1) is 5.82 Å². The lowest BCUT2D eigenvalue weighted by molar-refractivity contribution is 0.262. The third-order valence-electron chi connectivity index (χ3n) is 3.57. The monoisotopic (exact) mass is 233 g/mol. The molecule has 17 heavy (non-hydrogen) atoms. The number of rotatable bonds is 2. The highest BCUT2D eigenvalue weighted by Gasteiger charge is 2.27. The zero-order valence-corrected chi connectivity index (χ0v) is 9.91. The quantitative estimate of drug-likeness (QED) is 0.842. The molecule has 1 N–H and O–H groups in total. The minimum absolute atomic E-state index is 0.144. The van der Waals surface area contributed by atoms with Crippen molar-refractivity contribution in [3.63, 3.8) is 0 Å². The minimum atomic E-state index is -0.144. The van der Waals surface area contributed by atoms with Crippen molar-refractivity contribution in [3.05, 3.63) is 35.1 Å². The van der Waals surface area contributed by atoms with Crippen molar-refractivity contribution in [2.75, 3.05) is 19.6 Å². The van der Waals surface area contributed by atoms with E-state index in [4.69, 9.17) is 0 Å². The van der Waals surface area contributed by atoms with Crippen LogP contribution in [0.5, 0.6) is 0 Å². The van der Waals surface area contributed by atoms with Crippen LogP contribution in [0.4, 0.5) is 4.39 Å². The average molecular weight is 233 g/mol. The fourth-order valence-electron chi connectivity index (χ4n) is 2.61. The number of hydrogen-bond acceptors (Lipinski definition) is 3. The largest absolute Gasteiger partial charge is 0.371 e. The number of benzene rings is 1. The molecule has 0 saturated heterocycles. The minimum Gasteiger partial charge on any atom is -0.371 e. The molecule has 0 aliphatic carbocycles. The van der Waals surface area contributed by atoms with Crippen molar-refractivity contribution in [3.8, 4) is 0 Å². The Morgan fingerprint density at radius 3 is 3.18 bits per heavy atom. The average Bonchev–Trinajstić information content (AvgIpc) is 2.89. The number of halogens is 1. The predicted octanol–water partition coefficient (Wildman–Crippen LogP) is 1.70. The molecule has 3 nitrogen and oxygen atoms in total. The van der Waals surface area contributed by atoms with Crippen LogP contribution >= 0.6 is 0 Å². The Morgan fingerprint density at radius 2 is 2.41 bits per heavy atom. The van der Waals surface area contributed by atoms with Crippen molar-refractivity contribution in [1.29, 1.82) is 0 Å². The van der Waals surface area contributed by atoms with Gasteiger partial charge in [-0.2, -0.15) is 0 Å². The highest BCUT2D eigenvalue weighted by Crippen LogP contribution is 2.33. The van der Waals surface area contributed by atoms with E-state index in [2.05, 4.69) is 22.1 Å². The van der Waals surface area contributed by atoms with Gasteiger partial charge < -0.3 is 5.32 Å². The molecule has 0 fully saturated rings. The lowest BCUT2D eigenvalue weighted by Gasteiger charge is -2.21. The fourth-order valence-corrected chi connectivity index (χ4v) is 2.61. The number of nitrogens with one attached hydrogen (secondary N) is 1. The van der Waals surface area contributed by atoms with E-state index in [0.717, 1.165) is 37.6 Å². The SMILES string of the molecule is CC1c2ccc(F)cc2CN1CC1=NCCN1. The molecule has 2 aliphatic heterocycles. The lowest BCUT2D eigenvalue weighted by Crippen LogP contribution is -2.33. The zero-order chi connectivity index (χ0) is 11.8. The molecular formula is C13H16FN3. The van der Waals surface area contributed by atoms with Gasteiger partial charge in [-0.25, -0.2) is 4.39 Å².